The molecule has 0 bridgehead atoms. The second kappa shape index (κ2) is 10.4. The van der Waals surface area contributed by atoms with Gasteiger partial charge in [0.15, 0.2) is 5.78 Å². The molecule has 2 amide bonds. The van der Waals surface area contributed by atoms with Crippen molar-refractivity contribution in [3.8, 4) is 0 Å². The molecule has 30 heavy (non-hydrogen) atoms. The maximum absolute atomic E-state index is 12.8. The third-order valence-corrected chi connectivity index (χ3v) is 4.56. The Balaban J connectivity index is 2.15. The number of hydrogen-bond donors (Lipinski definition) is 3. The third kappa shape index (κ3) is 6.58. The zero-order valence-corrected chi connectivity index (χ0v) is 17.3. The molecule has 3 N–H and O–H groups in total. The van der Waals surface area contributed by atoms with E-state index in [1.165, 1.54) is 11.5 Å². The minimum Gasteiger partial charge on any atom is -0.481 e. The van der Waals surface area contributed by atoms with Crippen molar-refractivity contribution in [1.29, 1.82) is 0 Å². The van der Waals surface area contributed by atoms with Gasteiger partial charge in [0.1, 0.15) is 12.1 Å². The van der Waals surface area contributed by atoms with Crippen LogP contribution < -0.4 is 10.6 Å². The Morgan fingerprint density at radius 2 is 1.60 bits per heavy atom. The average Bonchev–Trinajstić information content (AvgIpc) is 3.19. The van der Waals surface area contributed by atoms with E-state index in [1.54, 1.807) is 48.8 Å². The zero-order chi connectivity index (χ0) is 22.3. The van der Waals surface area contributed by atoms with Crippen molar-refractivity contribution in [3.05, 3.63) is 54.4 Å². The Labute approximate surface area is 175 Å². The summed E-state index contributed by atoms with van der Waals surface area (Å²) in [4.78, 5) is 48.3. The fourth-order valence-corrected chi connectivity index (χ4v) is 3.04. The highest BCUT2D eigenvalue weighted by Crippen LogP contribution is 2.16. The Bertz CT molecular complexity index is 888. The Morgan fingerprint density at radius 1 is 1.00 bits per heavy atom. The van der Waals surface area contributed by atoms with Crippen LogP contribution in [0.1, 0.15) is 50.0 Å². The zero-order valence-electron chi connectivity index (χ0n) is 17.3. The van der Waals surface area contributed by atoms with Crippen LogP contribution >= 0.6 is 0 Å². The lowest BCUT2D eigenvalue weighted by Gasteiger charge is -2.24. The van der Waals surface area contributed by atoms with Gasteiger partial charge in [0, 0.05) is 23.6 Å². The number of anilines is 1. The highest BCUT2D eigenvalue weighted by Gasteiger charge is 2.28. The number of carbonyl (C=O) groups excluding carboxylic acids is 3. The van der Waals surface area contributed by atoms with Gasteiger partial charge in [-0.2, -0.15) is 0 Å². The van der Waals surface area contributed by atoms with Crippen LogP contribution in [0.4, 0.5) is 5.69 Å². The number of nitrogens with zero attached hydrogens (tertiary/aromatic N) is 1. The normalized spacial score (nSPS) is 12.8. The minimum atomic E-state index is -1.11. The smallest absolute Gasteiger partial charge is 0.306 e. The number of aliphatic carboxylic acids is 1. The molecule has 1 aromatic heterocycles. The number of carbonyl (C=O) groups is 4. The monoisotopic (exact) mass is 413 g/mol. The summed E-state index contributed by atoms with van der Waals surface area (Å²) in [5.41, 5.74) is 1.03. The van der Waals surface area contributed by atoms with Crippen LogP contribution in [0.25, 0.3) is 0 Å². The van der Waals surface area contributed by atoms with Gasteiger partial charge >= 0.3 is 5.97 Å². The van der Waals surface area contributed by atoms with Gasteiger partial charge in [0.2, 0.25) is 11.8 Å². The van der Waals surface area contributed by atoms with Crippen LogP contribution in [0.5, 0.6) is 0 Å². The predicted octanol–water partition coefficient (Wildman–Crippen LogP) is 2.88. The first-order valence-corrected chi connectivity index (χ1v) is 9.74. The molecule has 0 saturated carbocycles. The third-order valence-electron chi connectivity index (χ3n) is 4.56. The van der Waals surface area contributed by atoms with E-state index in [0.717, 1.165) is 0 Å². The highest BCUT2D eigenvalue weighted by molar-refractivity contribution is 5.99. The maximum atomic E-state index is 12.8. The number of carboxylic acids is 1. The van der Waals surface area contributed by atoms with Crippen LogP contribution in [0.2, 0.25) is 0 Å². The van der Waals surface area contributed by atoms with Crippen molar-refractivity contribution in [2.75, 3.05) is 5.32 Å². The van der Waals surface area contributed by atoms with E-state index < -0.39 is 36.3 Å². The van der Waals surface area contributed by atoms with Gasteiger partial charge in [-0.15, -0.1) is 0 Å². The lowest BCUT2D eigenvalue weighted by atomic mass is 10.0. The predicted molar refractivity (Wildman–Crippen MR) is 112 cm³/mol. The Hall–Kier alpha value is -3.42. The quantitative estimate of drug-likeness (QED) is 0.518. The van der Waals surface area contributed by atoms with Gasteiger partial charge < -0.3 is 20.3 Å². The number of hydrogen-bond acceptors (Lipinski definition) is 4. The van der Waals surface area contributed by atoms with E-state index in [2.05, 4.69) is 10.6 Å². The standard InChI is InChI=1S/C22H27N3O5/c1-14(2)12-18(21(29)23-17-8-6-16(7-9-17)15(3)26)24-22(30)19(13-20(27)28)25-10-4-5-11-25/h4-11,14,18-19H,12-13H2,1-3H3,(H,23,29)(H,24,30)(H,27,28). The molecule has 0 aliphatic rings. The van der Waals surface area contributed by atoms with Crippen LogP contribution in [-0.4, -0.2) is 39.3 Å². The molecule has 2 aromatic rings. The first-order chi connectivity index (χ1) is 14.2. The van der Waals surface area contributed by atoms with Gasteiger partial charge in [-0.3, -0.25) is 19.2 Å². The van der Waals surface area contributed by atoms with Gasteiger partial charge in [0.05, 0.1) is 6.42 Å². The molecule has 0 aliphatic heterocycles. The summed E-state index contributed by atoms with van der Waals surface area (Å²) in [7, 11) is 0. The molecular formula is C22H27N3O5. The summed E-state index contributed by atoms with van der Waals surface area (Å²) in [5.74, 6) is -2.02. The molecule has 8 heteroatoms. The molecule has 2 atom stereocenters. The maximum Gasteiger partial charge on any atom is 0.306 e. The molecular weight excluding hydrogens is 386 g/mol. The first kappa shape index (κ1) is 22.9. The molecule has 1 heterocycles. The Kier molecular flexibility index (Phi) is 7.91. The number of Topliss-reactive ketones (excluding diaryl/α,β-unsaturated/α-hetero) is 1. The molecule has 160 valence electrons. The largest absolute Gasteiger partial charge is 0.481 e. The number of rotatable bonds is 10. The lowest BCUT2D eigenvalue weighted by Crippen LogP contribution is -2.47. The molecule has 2 rings (SSSR count). The van der Waals surface area contributed by atoms with E-state index in [4.69, 9.17) is 0 Å². The minimum absolute atomic E-state index is 0.0766. The molecule has 0 saturated heterocycles. The number of aromatic nitrogens is 1. The highest BCUT2D eigenvalue weighted by atomic mass is 16.4. The van der Waals surface area contributed by atoms with Crippen molar-refractivity contribution in [3.63, 3.8) is 0 Å². The fourth-order valence-electron chi connectivity index (χ4n) is 3.04. The topological polar surface area (TPSA) is 118 Å². The van der Waals surface area contributed by atoms with Gasteiger partial charge in [0.25, 0.3) is 0 Å². The average molecular weight is 413 g/mol. The van der Waals surface area contributed by atoms with Crippen molar-refractivity contribution in [1.82, 2.24) is 9.88 Å². The number of benzene rings is 1. The lowest BCUT2D eigenvalue weighted by molar-refractivity contribution is -0.141. The number of nitrogens with one attached hydrogen (secondary N) is 2. The second-order valence-electron chi connectivity index (χ2n) is 7.56. The molecule has 0 fully saturated rings. The number of ketones is 1. The van der Waals surface area contributed by atoms with Crippen LogP contribution in [0, 0.1) is 5.92 Å². The van der Waals surface area contributed by atoms with Crippen molar-refractivity contribution in [2.45, 2.75) is 45.7 Å². The van der Waals surface area contributed by atoms with Gasteiger partial charge in [-0.05, 0) is 55.7 Å². The molecule has 8 nitrogen and oxygen atoms in total. The molecule has 0 radical (unpaired) electrons. The van der Waals surface area contributed by atoms with E-state index in [0.29, 0.717) is 17.7 Å². The summed E-state index contributed by atoms with van der Waals surface area (Å²) < 4.78 is 1.51. The van der Waals surface area contributed by atoms with Crippen molar-refractivity contribution < 1.29 is 24.3 Å². The second-order valence-corrected chi connectivity index (χ2v) is 7.56. The van der Waals surface area contributed by atoms with Crippen LogP contribution in [0.15, 0.2) is 48.8 Å². The summed E-state index contributed by atoms with van der Waals surface area (Å²) in [6.45, 7) is 5.31. The van der Waals surface area contributed by atoms with E-state index >= 15 is 0 Å². The first-order valence-electron chi connectivity index (χ1n) is 9.74. The number of carboxylic acid groups (broad SMARTS) is 1. The SMILES string of the molecule is CC(=O)c1ccc(NC(=O)C(CC(C)C)NC(=O)C(CC(=O)O)n2cccc2)cc1. The van der Waals surface area contributed by atoms with Gasteiger partial charge in [-0.1, -0.05) is 13.8 Å². The molecule has 1 aromatic carbocycles. The summed E-state index contributed by atoms with van der Waals surface area (Å²) in [6.07, 6.45) is 3.21. The number of amides is 2. The van der Waals surface area contributed by atoms with Crippen LogP contribution in [0.3, 0.4) is 0 Å². The fraction of sp³-hybridized carbons (Fsp3) is 0.364. The van der Waals surface area contributed by atoms with Crippen molar-refractivity contribution >= 4 is 29.3 Å². The van der Waals surface area contributed by atoms with Crippen molar-refractivity contribution in [2.24, 2.45) is 5.92 Å². The Morgan fingerprint density at radius 3 is 2.10 bits per heavy atom. The molecule has 0 aliphatic carbocycles. The summed E-state index contributed by atoms with van der Waals surface area (Å²) >= 11 is 0. The van der Waals surface area contributed by atoms with E-state index in [9.17, 15) is 24.3 Å². The summed E-state index contributed by atoms with van der Waals surface area (Å²) in [6, 6.07) is 8.07. The van der Waals surface area contributed by atoms with E-state index in [1.807, 2.05) is 13.8 Å². The van der Waals surface area contributed by atoms with Gasteiger partial charge in [-0.25, -0.2) is 0 Å². The molecule has 0 spiro atoms. The van der Waals surface area contributed by atoms with Crippen LogP contribution in [-0.2, 0) is 14.4 Å². The molecule has 2 unspecified atom stereocenters. The van der Waals surface area contributed by atoms with E-state index in [-0.39, 0.29) is 11.7 Å². The summed E-state index contributed by atoms with van der Waals surface area (Å²) in [5, 5.41) is 14.6.